The SMILES string of the molecule is CCC/C=C1\CC(C2CCC2)C2(C)OC2C(C)C2CC(O)(NC(=O)O2)C(N)/C=C/C=C(\C)Cc2cc(OC)c(O)c(c2)N1C. The lowest BCUT2D eigenvalue weighted by Gasteiger charge is -2.42. The Hall–Kier alpha value is -3.01. The number of hydrogen-bond acceptors (Lipinski definition) is 8. The summed E-state index contributed by atoms with van der Waals surface area (Å²) in [5.74, 6) is 1.15. The zero-order valence-electron chi connectivity index (χ0n) is 27.1. The molecule has 7 unspecified atom stereocenters. The second-order valence-electron chi connectivity index (χ2n) is 13.6. The van der Waals surface area contributed by atoms with E-state index in [2.05, 4.69) is 30.1 Å². The molecule has 9 heteroatoms. The van der Waals surface area contributed by atoms with Gasteiger partial charge in [-0.15, -0.1) is 0 Å². The Morgan fingerprint density at radius 2 is 2.05 bits per heavy atom. The quantitative estimate of drug-likeness (QED) is 0.320. The van der Waals surface area contributed by atoms with Crippen LogP contribution in [0.1, 0.15) is 78.2 Å². The molecule has 1 saturated carbocycles. The van der Waals surface area contributed by atoms with Crippen molar-refractivity contribution in [2.24, 2.45) is 23.5 Å². The number of benzene rings is 1. The summed E-state index contributed by atoms with van der Waals surface area (Å²) in [6.07, 6.45) is 13.4. The van der Waals surface area contributed by atoms with Gasteiger partial charge in [0, 0.05) is 25.1 Å². The van der Waals surface area contributed by atoms with Crippen LogP contribution in [0.3, 0.4) is 0 Å². The maximum atomic E-state index is 12.7. The minimum atomic E-state index is -1.65. The van der Waals surface area contributed by atoms with Gasteiger partial charge in [0.15, 0.2) is 17.2 Å². The molecule has 242 valence electrons. The Bertz CT molecular complexity index is 1320. The van der Waals surface area contributed by atoms with Crippen molar-refractivity contribution in [1.29, 1.82) is 0 Å². The van der Waals surface area contributed by atoms with Gasteiger partial charge in [0.25, 0.3) is 0 Å². The van der Waals surface area contributed by atoms with Crippen LogP contribution in [0.4, 0.5) is 10.5 Å². The van der Waals surface area contributed by atoms with Crippen LogP contribution in [0.15, 0.2) is 47.7 Å². The molecule has 1 aliphatic carbocycles. The van der Waals surface area contributed by atoms with Gasteiger partial charge in [-0.2, -0.15) is 0 Å². The molecule has 5 rings (SSSR count). The molecular weight excluding hydrogens is 558 g/mol. The molecule has 4 aliphatic rings. The standard InChI is InChI=1S/C35H51N3O6/c1-7-8-14-25-19-26(24-12-10-13-24)34(4)32(44-34)22(3)29-20-35(41,37-33(40)43-29)30(36)15-9-11-21(2)16-23-17-27(38(25)5)31(39)28(18-23)42-6/h9,11,14-15,17-18,22,24,26,29-30,32,39,41H,7-8,10,12-13,16,19-20,36H2,1-6H3,(H,37,40)/b15-9+,21-11+,25-14+. The van der Waals surface area contributed by atoms with E-state index in [1.807, 2.05) is 45.2 Å². The molecule has 0 spiro atoms. The van der Waals surface area contributed by atoms with E-state index in [9.17, 15) is 15.0 Å². The Labute approximate surface area is 262 Å². The number of alkyl carbamates (subject to hydrolysis) is 1. The lowest BCUT2D eigenvalue weighted by Crippen LogP contribution is -2.65. The number of epoxide rings is 1. The number of nitrogens with one attached hydrogen (secondary N) is 1. The molecule has 7 atom stereocenters. The van der Waals surface area contributed by atoms with E-state index in [4.69, 9.17) is 19.9 Å². The maximum Gasteiger partial charge on any atom is 0.409 e. The number of ether oxygens (including phenoxy) is 3. The van der Waals surface area contributed by atoms with E-state index in [-0.39, 0.29) is 30.1 Å². The minimum Gasteiger partial charge on any atom is -0.503 e. The van der Waals surface area contributed by atoms with Gasteiger partial charge in [-0.25, -0.2) is 4.79 Å². The first-order valence-corrected chi connectivity index (χ1v) is 16.2. The third-order valence-electron chi connectivity index (χ3n) is 10.5. The highest BCUT2D eigenvalue weighted by atomic mass is 16.6. The summed E-state index contributed by atoms with van der Waals surface area (Å²) in [5, 5.41) is 25.4. The number of carbonyl (C=O) groups is 1. The molecular formula is C35H51N3O6. The summed E-state index contributed by atoms with van der Waals surface area (Å²) >= 11 is 0. The summed E-state index contributed by atoms with van der Waals surface area (Å²) in [6.45, 7) is 8.43. The van der Waals surface area contributed by atoms with Crippen molar-refractivity contribution in [3.63, 3.8) is 0 Å². The van der Waals surface area contributed by atoms with Crippen LogP contribution >= 0.6 is 0 Å². The largest absolute Gasteiger partial charge is 0.503 e. The van der Waals surface area contributed by atoms with Crippen molar-refractivity contribution >= 4 is 11.8 Å². The van der Waals surface area contributed by atoms with Crippen molar-refractivity contribution in [3.8, 4) is 11.5 Å². The van der Waals surface area contributed by atoms with Gasteiger partial charge < -0.3 is 35.1 Å². The summed E-state index contributed by atoms with van der Waals surface area (Å²) in [6, 6.07) is 3.07. The molecule has 1 aromatic rings. The van der Waals surface area contributed by atoms with Crippen LogP contribution < -0.4 is 20.7 Å². The molecule has 3 heterocycles. The number of phenols is 1. The highest BCUT2D eigenvalue weighted by Gasteiger charge is 2.63. The van der Waals surface area contributed by atoms with Gasteiger partial charge in [-0.05, 0) is 62.6 Å². The second-order valence-corrected chi connectivity index (χ2v) is 13.6. The first kappa shape index (κ1) is 32.4. The molecule has 3 fully saturated rings. The highest BCUT2D eigenvalue weighted by molar-refractivity contribution is 5.70. The topological polar surface area (TPSA) is 130 Å². The molecule has 4 bridgehead atoms. The fourth-order valence-corrected chi connectivity index (χ4v) is 7.39. The summed E-state index contributed by atoms with van der Waals surface area (Å²) < 4.78 is 18.0. The molecule has 9 nitrogen and oxygen atoms in total. The number of rotatable bonds is 4. The van der Waals surface area contributed by atoms with Gasteiger partial charge in [0.1, 0.15) is 6.10 Å². The number of aromatic hydroxyl groups is 1. The van der Waals surface area contributed by atoms with E-state index in [0.717, 1.165) is 48.9 Å². The van der Waals surface area contributed by atoms with Crippen LogP contribution in [0.25, 0.3) is 0 Å². The number of amides is 1. The van der Waals surface area contributed by atoms with E-state index in [1.54, 1.807) is 13.2 Å². The van der Waals surface area contributed by atoms with Crippen molar-refractivity contribution < 1.29 is 29.2 Å². The number of unbranched alkanes of at least 4 members (excludes halogenated alkanes) is 1. The van der Waals surface area contributed by atoms with Crippen molar-refractivity contribution in [3.05, 3.63) is 53.3 Å². The van der Waals surface area contributed by atoms with Crippen molar-refractivity contribution in [2.45, 2.75) is 109 Å². The molecule has 0 aromatic heterocycles. The van der Waals surface area contributed by atoms with E-state index in [1.165, 1.54) is 6.42 Å². The summed E-state index contributed by atoms with van der Waals surface area (Å²) in [7, 11) is 3.60. The zero-order chi connectivity index (χ0) is 31.8. The maximum absolute atomic E-state index is 12.7. The monoisotopic (exact) mass is 609 g/mol. The Balaban J connectivity index is 1.59. The van der Waals surface area contributed by atoms with E-state index < -0.39 is 29.6 Å². The number of aliphatic hydroxyl groups is 1. The average molecular weight is 610 g/mol. The molecule has 3 aliphatic heterocycles. The van der Waals surface area contributed by atoms with Gasteiger partial charge in [-0.1, -0.05) is 69.4 Å². The van der Waals surface area contributed by atoms with Crippen molar-refractivity contribution in [1.82, 2.24) is 5.32 Å². The van der Waals surface area contributed by atoms with Crippen LogP contribution in [0, 0.1) is 17.8 Å². The second kappa shape index (κ2) is 12.8. The predicted molar refractivity (Wildman–Crippen MR) is 171 cm³/mol. The normalized spacial score (nSPS) is 37.6. The number of fused-ring (bicyclic) bond motifs is 5. The minimum absolute atomic E-state index is 0.120. The third kappa shape index (κ3) is 6.37. The zero-order valence-corrected chi connectivity index (χ0v) is 27.1. The number of methoxy groups -OCH3 is 1. The lowest BCUT2D eigenvalue weighted by molar-refractivity contribution is -0.0941. The van der Waals surface area contributed by atoms with Crippen LogP contribution in [0.2, 0.25) is 0 Å². The van der Waals surface area contributed by atoms with Gasteiger partial charge >= 0.3 is 6.09 Å². The number of allylic oxidation sites excluding steroid dienone is 5. The molecule has 1 amide bonds. The van der Waals surface area contributed by atoms with Gasteiger partial charge in [0.05, 0.1) is 30.5 Å². The molecule has 44 heavy (non-hydrogen) atoms. The molecule has 1 aromatic carbocycles. The molecule has 0 radical (unpaired) electrons. The van der Waals surface area contributed by atoms with Crippen molar-refractivity contribution in [2.75, 3.05) is 19.1 Å². The lowest BCUT2D eigenvalue weighted by atomic mass is 9.67. The Morgan fingerprint density at radius 3 is 2.70 bits per heavy atom. The number of carbonyl (C=O) groups excluding carboxylic acids is 1. The first-order chi connectivity index (χ1) is 20.9. The number of nitrogens with two attached hydrogens (primary N) is 1. The van der Waals surface area contributed by atoms with E-state index in [0.29, 0.717) is 23.8 Å². The molecule has 5 N–H and O–H groups in total. The third-order valence-corrected chi connectivity index (χ3v) is 10.5. The van der Waals surface area contributed by atoms with Crippen LogP contribution in [-0.2, 0) is 15.9 Å². The summed E-state index contributed by atoms with van der Waals surface area (Å²) in [5.41, 5.74) is 8.30. The fraction of sp³-hybridized carbons (Fsp3) is 0.629. The smallest absolute Gasteiger partial charge is 0.409 e. The number of hydrogen-bond donors (Lipinski definition) is 4. The highest BCUT2D eigenvalue weighted by Crippen LogP contribution is 2.56. The van der Waals surface area contributed by atoms with Crippen LogP contribution in [-0.4, -0.2) is 60.0 Å². The Kier molecular flexibility index (Phi) is 9.40. The fourth-order valence-electron chi connectivity index (χ4n) is 7.39. The number of nitrogens with zero attached hydrogens (tertiary/aromatic N) is 1. The molecule has 2 saturated heterocycles. The van der Waals surface area contributed by atoms with Gasteiger partial charge in [0.2, 0.25) is 0 Å². The average Bonchev–Trinajstić information content (AvgIpc) is 3.64. The van der Waals surface area contributed by atoms with E-state index >= 15 is 0 Å². The summed E-state index contributed by atoms with van der Waals surface area (Å²) in [4.78, 5) is 14.8. The van der Waals surface area contributed by atoms with Gasteiger partial charge in [-0.3, -0.25) is 5.32 Å². The van der Waals surface area contributed by atoms with Crippen LogP contribution in [0.5, 0.6) is 11.5 Å². The number of phenolic OH excluding ortho intramolecular Hbond substituents is 1. The predicted octanol–water partition coefficient (Wildman–Crippen LogP) is 5.69. The number of anilines is 1. The first-order valence-electron chi connectivity index (χ1n) is 16.2. The Morgan fingerprint density at radius 1 is 1.30 bits per heavy atom.